The fourth-order valence-electron chi connectivity index (χ4n) is 1.93. The van der Waals surface area contributed by atoms with Gasteiger partial charge in [-0.3, -0.25) is 9.59 Å². The highest BCUT2D eigenvalue weighted by Crippen LogP contribution is 2.17. The quantitative estimate of drug-likeness (QED) is 0.845. The monoisotopic (exact) mass is 287 g/mol. The van der Waals surface area contributed by atoms with Crippen molar-refractivity contribution < 1.29 is 9.59 Å². The number of amides is 2. The Hall–Kier alpha value is -2.35. The molecule has 112 valence electrons. The first-order valence-electron chi connectivity index (χ1n) is 7.04. The van der Waals surface area contributed by atoms with E-state index in [9.17, 15) is 9.59 Å². The summed E-state index contributed by atoms with van der Waals surface area (Å²) in [5.41, 5.74) is 1.67. The van der Waals surface area contributed by atoms with E-state index in [1.807, 2.05) is 24.3 Å². The Morgan fingerprint density at radius 3 is 2.67 bits per heavy atom. The summed E-state index contributed by atoms with van der Waals surface area (Å²) in [4.78, 5) is 25.4. The predicted octanol–water partition coefficient (Wildman–Crippen LogP) is 2.34. The zero-order chi connectivity index (χ0) is 15.8. The van der Waals surface area contributed by atoms with Crippen molar-refractivity contribution >= 4 is 17.5 Å². The molecule has 0 saturated heterocycles. The Bertz CT molecular complexity index is 549. The molecule has 5 nitrogen and oxygen atoms in total. The van der Waals surface area contributed by atoms with Crippen molar-refractivity contribution in [3.63, 3.8) is 0 Å². The maximum absolute atomic E-state index is 12.0. The summed E-state index contributed by atoms with van der Waals surface area (Å²) in [6, 6.07) is 9.15. The number of nitrogens with one attached hydrogen (secondary N) is 1. The van der Waals surface area contributed by atoms with Crippen LogP contribution < -0.4 is 5.32 Å². The standard InChI is InChI=1S/C16H21N3O2/c1-4-7-13-8-5-6-9-14(13)18-15(20)16(21)19(3)12(2)10-11-17/h5-6,8-9,12H,4,7,10H2,1-3H3,(H,18,20)/t12-/m1/s1. The number of likely N-dealkylation sites (N-methyl/N-ethyl adjacent to an activating group) is 1. The summed E-state index contributed by atoms with van der Waals surface area (Å²) < 4.78 is 0. The zero-order valence-corrected chi connectivity index (χ0v) is 12.7. The summed E-state index contributed by atoms with van der Waals surface area (Å²) in [6.45, 7) is 3.79. The highest BCUT2D eigenvalue weighted by Gasteiger charge is 2.23. The number of hydrogen-bond acceptors (Lipinski definition) is 3. The average molecular weight is 287 g/mol. The van der Waals surface area contributed by atoms with Gasteiger partial charge in [-0.25, -0.2) is 0 Å². The lowest BCUT2D eigenvalue weighted by molar-refractivity contribution is -0.143. The lowest BCUT2D eigenvalue weighted by Crippen LogP contribution is -2.42. The van der Waals surface area contributed by atoms with Crippen LogP contribution in [0.15, 0.2) is 24.3 Å². The molecule has 0 aliphatic heterocycles. The second kappa shape index (κ2) is 8.05. The van der Waals surface area contributed by atoms with E-state index in [1.54, 1.807) is 13.0 Å². The van der Waals surface area contributed by atoms with E-state index in [0.717, 1.165) is 18.4 Å². The number of carbonyl (C=O) groups excluding carboxylic acids is 2. The Morgan fingerprint density at radius 1 is 1.38 bits per heavy atom. The van der Waals surface area contributed by atoms with Crippen molar-refractivity contribution in [1.29, 1.82) is 5.26 Å². The normalized spacial score (nSPS) is 11.3. The third-order valence-electron chi connectivity index (χ3n) is 3.35. The smallest absolute Gasteiger partial charge is 0.313 e. The molecule has 0 spiro atoms. The van der Waals surface area contributed by atoms with Crippen LogP contribution >= 0.6 is 0 Å². The van der Waals surface area contributed by atoms with Gasteiger partial charge < -0.3 is 10.2 Å². The molecule has 0 saturated carbocycles. The molecular weight excluding hydrogens is 266 g/mol. The van der Waals surface area contributed by atoms with Crippen LogP contribution in [-0.4, -0.2) is 29.8 Å². The zero-order valence-electron chi connectivity index (χ0n) is 12.7. The first kappa shape index (κ1) is 16.7. The molecule has 21 heavy (non-hydrogen) atoms. The topological polar surface area (TPSA) is 73.2 Å². The second-order valence-corrected chi connectivity index (χ2v) is 4.99. The van der Waals surface area contributed by atoms with Gasteiger partial charge in [0, 0.05) is 18.8 Å². The third-order valence-corrected chi connectivity index (χ3v) is 3.35. The number of aryl methyl sites for hydroxylation is 1. The molecule has 1 N–H and O–H groups in total. The van der Waals surface area contributed by atoms with Crippen LogP contribution in [0.4, 0.5) is 5.69 Å². The van der Waals surface area contributed by atoms with Gasteiger partial charge in [-0.2, -0.15) is 5.26 Å². The third kappa shape index (κ3) is 4.60. The van der Waals surface area contributed by atoms with E-state index >= 15 is 0 Å². The Balaban J connectivity index is 2.77. The van der Waals surface area contributed by atoms with Gasteiger partial charge in [-0.05, 0) is 25.0 Å². The molecule has 0 heterocycles. The van der Waals surface area contributed by atoms with Crippen molar-refractivity contribution in [3.05, 3.63) is 29.8 Å². The van der Waals surface area contributed by atoms with Crippen LogP contribution in [0.1, 0.15) is 32.3 Å². The molecular formula is C16H21N3O2. The van der Waals surface area contributed by atoms with Crippen molar-refractivity contribution in [2.45, 2.75) is 39.2 Å². The molecule has 1 aromatic carbocycles. The molecule has 0 aromatic heterocycles. The lowest BCUT2D eigenvalue weighted by atomic mass is 10.1. The maximum Gasteiger partial charge on any atom is 0.313 e. The fourth-order valence-corrected chi connectivity index (χ4v) is 1.93. The Kier molecular flexibility index (Phi) is 6.41. The average Bonchev–Trinajstić information content (AvgIpc) is 2.48. The van der Waals surface area contributed by atoms with Crippen molar-refractivity contribution in [2.24, 2.45) is 0 Å². The fraction of sp³-hybridized carbons (Fsp3) is 0.438. The first-order valence-corrected chi connectivity index (χ1v) is 7.04. The van der Waals surface area contributed by atoms with Gasteiger partial charge in [0.05, 0.1) is 12.5 Å². The lowest BCUT2D eigenvalue weighted by Gasteiger charge is -2.22. The van der Waals surface area contributed by atoms with Crippen LogP contribution in [-0.2, 0) is 16.0 Å². The number of benzene rings is 1. The number of nitrogens with zero attached hydrogens (tertiary/aromatic N) is 2. The van der Waals surface area contributed by atoms with Gasteiger partial charge in [0.15, 0.2) is 0 Å². The molecule has 0 bridgehead atoms. The van der Waals surface area contributed by atoms with Crippen molar-refractivity contribution in [3.8, 4) is 6.07 Å². The van der Waals surface area contributed by atoms with Crippen LogP contribution in [0, 0.1) is 11.3 Å². The first-order chi connectivity index (χ1) is 10.0. The second-order valence-electron chi connectivity index (χ2n) is 4.99. The minimum atomic E-state index is -0.675. The number of nitriles is 1. The van der Waals surface area contributed by atoms with Gasteiger partial charge in [0.2, 0.25) is 0 Å². The highest BCUT2D eigenvalue weighted by atomic mass is 16.2. The predicted molar refractivity (Wildman–Crippen MR) is 81.5 cm³/mol. The molecule has 0 radical (unpaired) electrons. The number of carbonyl (C=O) groups is 2. The van der Waals surface area contributed by atoms with E-state index in [4.69, 9.17) is 5.26 Å². The molecule has 0 unspecified atom stereocenters. The van der Waals surface area contributed by atoms with E-state index < -0.39 is 11.8 Å². The molecule has 5 heteroatoms. The summed E-state index contributed by atoms with van der Waals surface area (Å²) in [6.07, 6.45) is 1.99. The maximum atomic E-state index is 12.0. The van der Waals surface area contributed by atoms with E-state index in [1.165, 1.54) is 11.9 Å². The van der Waals surface area contributed by atoms with Gasteiger partial charge in [-0.15, -0.1) is 0 Å². The van der Waals surface area contributed by atoms with E-state index in [0.29, 0.717) is 5.69 Å². The Morgan fingerprint density at radius 2 is 2.05 bits per heavy atom. The number of rotatable bonds is 5. The molecule has 1 rings (SSSR count). The van der Waals surface area contributed by atoms with Crippen molar-refractivity contribution in [1.82, 2.24) is 4.90 Å². The largest absolute Gasteiger partial charge is 0.334 e. The van der Waals surface area contributed by atoms with Gasteiger partial charge in [0.1, 0.15) is 0 Å². The van der Waals surface area contributed by atoms with Gasteiger partial charge in [-0.1, -0.05) is 31.5 Å². The molecule has 0 fully saturated rings. The molecule has 2 amide bonds. The van der Waals surface area contributed by atoms with Crippen LogP contribution in [0.3, 0.4) is 0 Å². The van der Waals surface area contributed by atoms with Crippen LogP contribution in [0.5, 0.6) is 0 Å². The molecule has 0 aliphatic rings. The highest BCUT2D eigenvalue weighted by molar-refractivity contribution is 6.39. The molecule has 1 aromatic rings. The van der Waals surface area contributed by atoms with Gasteiger partial charge in [0.25, 0.3) is 0 Å². The minimum Gasteiger partial charge on any atom is -0.334 e. The summed E-state index contributed by atoms with van der Waals surface area (Å²) >= 11 is 0. The number of hydrogen-bond donors (Lipinski definition) is 1. The van der Waals surface area contributed by atoms with Gasteiger partial charge >= 0.3 is 11.8 Å². The van der Waals surface area contributed by atoms with E-state index in [2.05, 4.69) is 12.2 Å². The number of anilines is 1. The summed E-state index contributed by atoms with van der Waals surface area (Å²) in [5.74, 6) is -1.31. The van der Waals surface area contributed by atoms with Crippen LogP contribution in [0.25, 0.3) is 0 Å². The van der Waals surface area contributed by atoms with Crippen molar-refractivity contribution in [2.75, 3.05) is 12.4 Å². The molecule has 1 atom stereocenters. The summed E-state index contributed by atoms with van der Waals surface area (Å²) in [7, 11) is 1.53. The Labute approximate surface area is 125 Å². The minimum absolute atomic E-state index is 0.196. The van der Waals surface area contributed by atoms with Crippen LogP contribution in [0.2, 0.25) is 0 Å². The number of para-hydroxylation sites is 1. The SMILES string of the molecule is CCCc1ccccc1NC(=O)C(=O)N(C)[C@H](C)CC#N. The van der Waals surface area contributed by atoms with E-state index in [-0.39, 0.29) is 12.5 Å². The molecule has 0 aliphatic carbocycles. The summed E-state index contributed by atoms with van der Waals surface area (Å²) in [5, 5.41) is 11.3.